The quantitative estimate of drug-likeness (QED) is 0.316. The van der Waals surface area contributed by atoms with Crippen LogP contribution in [-0.2, 0) is 14.4 Å². The molecule has 0 atom stereocenters. The number of benzene rings is 2. The molecule has 2 aromatic carbocycles. The molecule has 0 aliphatic carbocycles. The van der Waals surface area contributed by atoms with Crippen molar-refractivity contribution in [2.24, 2.45) is 0 Å². The maximum Gasteiger partial charge on any atom is 0.341 e. The predicted molar refractivity (Wildman–Crippen MR) is 120 cm³/mol. The predicted octanol–water partition coefficient (Wildman–Crippen LogP) is 3.49. The standard InChI is InChI=1S/C20H14BrIN2O6/c1-10-2-4-13(5-3-10)24-19(28)14(18(27)23-20(24)29)7-11-6-12(22)8-15(21)17(11)30-9-16(25)26/h2-8H,9H2,1H3,(H,25,26)(H,23,27,29)/b14-7+. The number of hydrogen-bond acceptors (Lipinski definition) is 5. The fraction of sp³-hybridized carbons (Fsp3) is 0.100. The third kappa shape index (κ3) is 4.70. The van der Waals surface area contributed by atoms with E-state index in [0.29, 0.717) is 15.7 Å². The molecule has 0 saturated carbocycles. The third-order valence-electron chi connectivity index (χ3n) is 4.07. The van der Waals surface area contributed by atoms with E-state index in [0.717, 1.165) is 14.0 Å². The average molecular weight is 585 g/mol. The smallest absolute Gasteiger partial charge is 0.341 e. The molecular weight excluding hydrogens is 571 g/mol. The second-order valence-corrected chi connectivity index (χ2v) is 8.38. The number of carboxylic acids is 1. The minimum Gasteiger partial charge on any atom is -0.480 e. The van der Waals surface area contributed by atoms with E-state index in [1.165, 1.54) is 6.08 Å². The Bertz CT molecular complexity index is 1100. The maximum absolute atomic E-state index is 13.0. The van der Waals surface area contributed by atoms with Crippen molar-refractivity contribution in [3.8, 4) is 5.75 Å². The molecule has 1 fully saturated rings. The van der Waals surface area contributed by atoms with E-state index < -0.39 is 30.4 Å². The molecule has 10 heteroatoms. The van der Waals surface area contributed by atoms with Crippen molar-refractivity contribution < 1.29 is 29.0 Å². The summed E-state index contributed by atoms with van der Waals surface area (Å²) in [5, 5.41) is 11.1. The van der Waals surface area contributed by atoms with Gasteiger partial charge in [-0.15, -0.1) is 0 Å². The fourth-order valence-electron chi connectivity index (χ4n) is 2.71. The van der Waals surface area contributed by atoms with Gasteiger partial charge in [0.15, 0.2) is 6.61 Å². The van der Waals surface area contributed by atoms with Gasteiger partial charge in [-0.1, -0.05) is 17.7 Å². The topological polar surface area (TPSA) is 113 Å². The number of aliphatic carboxylic acids is 1. The van der Waals surface area contributed by atoms with Crippen LogP contribution in [0.5, 0.6) is 5.75 Å². The monoisotopic (exact) mass is 584 g/mol. The number of urea groups is 1. The number of halogens is 2. The maximum atomic E-state index is 13.0. The first-order valence-corrected chi connectivity index (χ1v) is 10.4. The van der Waals surface area contributed by atoms with Crippen molar-refractivity contribution in [3.05, 3.63) is 61.1 Å². The highest BCUT2D eigenvalue weighted by atomic mass is 127. The lowest BCUT2D eigenvalue weighted by molar-refractivity contribution is -0.139. The van der Waals surface area contributed by atoms with Gasteiger partial charge < -0.3 is 9.84 Å². The fourth-order valence-corrected chi connectivity index (χ4v) is 4.38. The Hall–Kier alpha value is -2.73. The van der Waals surface area contributed by atoms with E-state index in [1.54, 1.807) is 36.4 Å². The normalized spacial score (nSPS) is 15.4. The summed E-state index contributed by atoms with van der Waals surface area (Å²) >= 11 is 5.34. The summed E-state index contributed by atoms with van der Waals surface area (Å²) < 4.78 is 6.53. The second-order valence-electron chi connectivity index (χ2n) is 6.28. The Morgan fingerprint density at radius 2 is 1.90 bits per heavy atom. The van der Waals surface area contributed by atoms with Crippen LogP contribution < -0.4 is 15.0 Å². The molecule has 1 aliphatic heterocycles. The summed E-state index contributed by atoms with van der Waals surface area (Å²) in [5.41, 5.74) is 1.28. The van der Waals surface area contributed by atoms with Crippen LogP contribution in [0, 0.1) is 10.5 Å². The van der Waals surface area contributed by atoms with Crippen LogP contribution in [0.25, 0.3) is 6.08 Å². The van der Waals surface area contributed by atoms with Crippen molar-refractivity contribution in [2.45, 2.75) is 6.92 Å². The molecule has 0 aromatic heterocycles. The zero-order valence-electron chi connectivity index (χ0n) is 15.4. The molecule has 154 valence electrons. The first-order chi connectivity index (χ1) is 14.2. The number of ether oxygens (including phenoxy) is 1. The number of carbonyl (C=O) groups excluding carboxylic acids is 3. The van der Waals surface area contributed by atoms with Crippen LogP contribution in [0.2, 0.25) is 0 Å². The number of aryl methyl sites for hydroxylation is 1. The summed E-state index contributed by atoms with van der Waals surface area (Å²) in [6.45, 7) is 1.26. The Morgan fingerprint density at radius 1 is 1.23 bits per heavy atom. The van der Waals surface area contributed by atoms with Gasteiger partial charge in [-0.05, 0) is 75.8 Å². The molecule has 0 unspecified atom stereocenters. The Kier molecular flexibility index (Phi) is 6.56. The number of anilines is 1. The van der Waals surface area contributed by atoms with Gasteiger partial charge in [0, 0.05) is 9.13 Å². The van der Waals surface area contributed by atoms with Gasteiger partial charge in [0.1, 0.15) is 11.3 Å². The molecule has 0 bridgehead atoms. The summed E-state index contributed by atoms with van der Waals surface area (Å²) in [7, 11) is 0. The van der Waals surface area contributed by atoms with Crippen LogP contribution >= 0.6 is 38.5 Å². The molecule has 0 radical (unpaired) electrons. The molecule has 2 N–H and O–H groups in total. The van der Waals surface area contributed by atoms with Crippen molar-refractivity contribution in [1.82, 2.24) is 5.32 Å². The molecule has 1 aliphatic rings. The van der Waals surface area contributed by atoms with E-state index in [9.17, 15) is 19.2 Å². The van der Waals surface area contributed by atoms with Crippen molar-refractivity contribution in [2.75, 3.05) is 11.5 Å². The molecule has 8 nitrogen and oxygen atoms in total. The lowest BCUT2D eigenvalue weighted by Crippen LogP contribution is -2.54. The minimum atomic E-state index is -1.18. The average Bonchev–Trinajstić information content (AvgIpc) is 2.65. The number of imide groups is 2. The first kappa shape index (κ1) is 22.0. The van der Waals surface area contributed by atoms with E-state index in [1.807, 2.05) is 29.5 Å². The summed E-state index contributed by atoms with van der Waals surface area (Å²) in [5.74, 6) is -2.68. The molecule has 4 amide bonds. The molecule has 3 rings (SSSR count). The number of rotatable bonds is 5. The van der Waals surface area contributed by atoms with E-state index in [2.05, 4.69) is 21.2 Å². The Balaban J connectivity index is 2.06. The minimum absolute atomic E-state index is 0.157. The van der Waals surface area contributed by atoms with Crippen LogP contribution in [-0.4, -0.2) is 35.5 Å². The number of nitrogens with zero attached hydrogens (tertiary/aromatic N) is 1. The van der Waals surface area contributed by atoms with E-state index in [4.69, 9.17) is 9.84 Å². The first-order valence-electron chi connectivity index (χ1n) is 8.49. The number of barbiturate groups is 1. The van der Waals surface area contributed by atoms with Crippen molar-refractivity contribution in [1.29, 1.82) is 0 Å². The summed E-state index contributed by atoms with van der Waals surface area (Å²) in [6, 6.07) is 9.16. The van der Waals surface area contributed by atoms with Gasteiger partial charge in [0.25, 0.3) is 11.8 Å². The SMILES string of the molecule is Cc1ccc(N2C(=O)NC(=O)/C(=C\c3cc(I)cc(Br)c3OCC(=O)O)C2=O)cc1. The zero-order valence-corrected chi connectivity index (χ0v) is 19.2. The van der Waals surface area contributed by atoms with Crippen molar-refractivity contribution in [3.63, 3.8) is 0 Å². The molecule has 0 spiro atoms. The second kappa shape index (κ2) is 8.96. The Labute approximate surface area is 193 Å². The van der Waals surface area contributed by atoms with Crippen LogP contribution in [0.4, 0.5) is 10.5 Å². The van der Waals surface area contributed by atoms with Gasteiger partial charge in [-0.2, -0.15) is 0 Å². The summed E-state index contributed by atoms with van der Waals surface area (Å²) in [6.07, 6.45) is 1.27. The van der Waals surface area contributed by atoms with Gasteiger partial charge in [0.2, 0.25) is 0 Å². The van der Waals surface area contributed by atoms with Crippen LogP contribution in [0.1, 0.15) is 11.1 Å². The molecule has 2 aromatic rings. The lowest BCUT2D eigenvalue weighted by Gasteiger charge is -2.26. The third-order valence-corrected chi connectivity index (χ3v) is 5.28. The highest BCUT2D eigenvalue weighted by molar-refractivity contribution is 14.1. The molecular formula is C20H14BrIN2O6. The number of amides is 4. The number of carboxylic acid groups (broad SMARTS) is 1. The van der Waals surface area contributed by atoms with Crippen molar-refractivity contribution >= 4 is 74.1 Å². The molecule has 1 saturated heterocycles. The van der Waals surface area contributed by atoms with E-state index >= 15 is 0 Å². The van der Waals surface area contributed by atoms with Crippen LogP contribution in [0.3, 0.4) is 0 Å². The lowest BCUT2D eigenvalue weighted by atomic mass is 10.1. The largest absolute Gasteiger partial charge is 0.480 e. The van der Waals surface area contributed by atoms with Gasteiger partial charge in [-0.3, -0.25) is 14.9 Å². The highest BCUT2D eigenvalue weighted by Gasteiger charge is 2.37. The summed E-state index contributed by atoms with van der Waals surface area (Å²) in [4.78, 5) is 49.5. The molecule has 1 heterocycles. The van der Waals surface area contributed by atoms with Gasteiger partial charge in [0.05, 0.1) is 10.2 Å². The van der Waals surface area contributed by atoms with E-state index in [-0.39, 0.29) is 11.3 Å². The van der Waals surface area contributed by atoms with Crippen LogP contribution in [0.15, 0.2) is 46.4 Å². The Morgan fingerprint density at radius 3 is 2.53 bits per heavy atom. The van der Waals surface area contributed by atoms with Gasteiger partial charge >= 0.3 is 12.0 Å². The zero-order chi connectivity index (χ0) is 22.0. The molecule has 30 heavy (non-hydrogen) atoms. The number of carbonyl (C=O) groups is 4. The van der Waals surface area contributed by atoms with Gasteiger partial charge in [-0.25, -0.2) is 14.5 Å². The number of nitrogens with one attached hydrogen (secondary N) is 1. The highest BCUT2D eigenvalue weighted by Crippen LogP contribution is 2.34. The number of hydrogen-bond donors (Lipinski definition) is 2.